The van der Waals surface area contributed by atoms with Crippen LogP contribution in [0.3, 0.4) is 0 Å². The molecule has 0 bridgehead atoms. The number of alkyl halides is 2. The van der Waals surface area contributed by atoms with Crippen molar-refractivity contribution < 1.29 is 18.7 Å². The van der Waals surface area contributed by atoms with Gasteiger partial charge in [0.2, 0.25) is 0 Å². The number of aliphatic hydroxyl groups is 1. The van der Waals surface area contributed by atoms with E-state index in [1.54, 1.807) is 24.3 Å². The lowest BCUT2D eigenvalue weighted by Crippen LogP contribution is -2.40. The summed E-state index contributed by atoms with van der Waals surface area (Å²) in [6, 6.07) is 6.34. The molecule has 1 aromatic rings. The Labute approximate surface area is 104 Å². The molecule has 0 saturated heterocycles. The van der Waals surface area contributed by atoms with Crippen LogP contribution in [0.5, 0.6) is 0 Å². The van der Waals surface area contributed by atoms with Crippen LogP contribution < -0.4 is 5.32 Å². The first kappa shape index (κ1) is 14.4. The van der Waals surface area contributed by atoms with E-state index in [0.717, 1.165) is 10.5 Å². The summed E-state index contributed by atoms with van der Waals surface area (Å²) in [6.45, 7) is 0.731. The molecule has 6 heteroatoms. The van der Waals surface area contributed by atoms with Gasteiger partial charge in [0.15, 0.2) is 0 Å². The van der Waals surface area contributed by atoms with Crippen LogP contribution in [0.15, 0.2) is 24.3 Å². The molecule has 18 heavy (non-hydrogen) atoms. The number of carbonyl (C=O) groups excluding carboxylic acids is 1. The summed E-state index contributed by atoms with van der Waals surface area (Å²) in [5.74, 6) is 0. The van der Waals surface area contributed by atoms with Crippen LogP contribution in [0, 0.1) is 6.92 Å². The quantitative estimate of drug-likeness (QED) is 0.849. The van der Waals surface area contributed by atoms with Gasteiger partial charge in [-0.1, -0.05) is 17.7 Å². The topological polar surface area (TPSA) is 52.6 Å². The van der Waals surface area contributed by atoms with Gasteiger partial charge in [-0.2, -0.15) is 0 Å². The summed E-state index contributed by atoms with van der Waals surface area (Å²) < 4.78 is 24.5. The van der Waals surface area contributed by atoms with E-state index in [1.807, 2.05) is 6.92 Å². The molecule has 0 spiro atoms. The van der Waals surface area contributed by atoms with E-state index in [-0.39, 0.29) is 13.2 Å². The molecule has 0 fully saturated rings. The van der Waals surface area contributed by atoms with Gasteiger partial charge in [-0.15, -0.1) is 0 Å². The fraction of sp³-hybridized carbons (Fsp3) is 0.417. The number of rotatable bonds is 5. The van der Waals surface area contributed by atoms with E-state index in [2.05, 4.69) is 5.32 Å². The normalized spacial score (nSPS) is 10.5. The summed E-state index contributed by atoms with van der Waals surface area (Å²) >= 11 is 0. The molecule has 2 amide bonds. The van der Waals surface area contributed by atoms with Crippen molar-refractivity contribution in [1.29, 1.82) is 0 Å². The van der Waals surface area contributed by atoms with Crippen LogP contribution in [0.2, 0.25) is 0 Å². The Morgan fingerprint density at radius 3 is 2.50 bits per heavy atom. The van der Waals surface area contributed by atoms with Gasteiger partial charge in [-0.05, 0) is 19.1 Å². The monoisotopic (exact) mass is 258 g/mol. The third-order valence-electron chi connectivity index (χ3n) is 2.32. The summed E-state index contributed by atoms with van der Waals surface area (Å²) in [5, 5.41) is 11.2. The minimum absolute atomic E-state index is 0.123. The Balaban J connectivity index is 2.63. The van der Waals surface area contributed by atoms with E-state index in [9.17, 15) is 13.6 Å². The maximum atomic E-state index is 12.3. The molecule has 0 aliphatic carbocycles. The Kier molecular flexibility index (Phi) is 5.51. The van der Waals surface area contributed by atoms with E-state index in [0.29, 0.717) is 5.69 Å². The van der Waals surface area contributed by atoms with Crippen LogP contribution in [-0.4, -0.2) is 42.2 Å². The Bertz CT molecular complexity index is 382. The SMILES string of the molecule is Cc1ccc(NC(=O)N(CCO)CC(F)F)cc1. The molecule has 100 valence electrons. The molecule has 1 rings (SSSR count). The molecule has 0 aliphatic heterocycles. The number of anilines is 1. The smallest absolute Gasteiger partial charge is 0.322 e. The first-order valence-corrected chi connectivity index (χ1v) is 5.54. The average molecular weight is 258 g/mol. The predicted molar refractivity (Wildman–Crippen MR) is 64.9 cm³/mol. The van der Waals surface area contributed by atoms with Crippen molar-refractivity contribution in [3.8, 4) is 0 Å². The van der Waals surface area contributed by atoms with Gasteiger partial charge in [0, 0.05) is 12.2 Å². The molecule has 4 nitrogen and oxygen atoms in total. The molecule has 1 aromatic carbocycles. The van der Waals surface area contributed by atoms with Crippen molar-refractivity contribution in [2.24, 2.45) is 0 Å². The Morgan fingerprint density at radius 1 is 1.39 bits per heavy atom. The number of nitrogens with zero attached hydrogens (tertiary/aromatic N) is 1. The molecule has 0 aromatic heterocycles. The number of urea groups is 1. The Hall–Kier alpha value is -1.69. The van der Waals surface area contributed by atoms with Gasteiger partial charge >= 0.3 is 6.03 Å². The zero-order valence-corrected chi connectivity index (χ0v) is 10.1. The van der Waals surface area contributed by atoms with E-state index < -0.39 is 19.0 Å². The fourth-order valence-corrected chi connectivity index (χ4v) is 1.40. The van der Waals surface area contributed by atoms with Crippen LogP contribution >= 0.6 is 0 Å². The number of aliphatic hydroxyl groups excluding tert-OH is 1. The molecule has 0 atom stereocenters. The molecule has 0 aliphatic rings. The van der Waals surface area contributed by atoms with E-state index in [4.69, 9.17) is 5.11 Å². The van der Waals surface area contributed by atoms with Crippen LogP contribution in [0.25, 0.3) is 0 Å². The largest absolute Gasteiger partial charge is 0.395 e. The lowest BCUT2D eigenvalue weighted by Gasteiger charge is -2.21. The average Bonchev–Trinajstić information content (AvgIpc) is 2.31. The summed E-state index contributed by atoms with van der Waals surface area (Å²) in [4.78, 5) is 12.6. The first-order valence-electron chi connectivity index (χ1n) is 5.54. The summed E-state index contributed by atoms with van der Waals surface area (Å²) in [7, 11) is 0. The number of hydrogen-bond acceptors (Lipinski definition) is 2. The highest BCUT2D eigenvalue weighted by molar-refractivity contribution is 5.89. The van der Waals surface area contributed by atoms with Gasteiger partial charge in [0.1, 0.15) is 0 Å². The van der Waals surface area contributed by atoms with Gasteiger partial charge in [-0.25, -0.2) is 13.6 Å². The summed E-state index contributed by atoms with van der Waals surface area (Å²) in [5.41, 5.74) is 1.57. The number of aryl methyl sites for hydroxylation is 1. The van der Waals surface area contributed by atoms with E-state index in [1.165, 1.54) is 0 Å². The highest BCUT2D eigenvalue weighted by Crippen LogP contribution is 2.10. The first-order chi connectivity index (χ1) is 8.52. The van der Waals surface area contributed by atoms with Crippen molar-refractivity contribution in [2.75, 3.05) is 25.0 Å². The van der Waals surface area contributed by atoms with Crippen LogP contribution in [0.1, 0.15) is 5.56 Å². The molecule has 0 heterocycles. The third kappa shape index (κ3) is 4.67. The third-order valence-corrected chi connectivity index (χ3v) is 2.32. The minimum Gasteiger partial charge on any atom is -0.395 e. The van der Waals surface area contributed by atoms with Gasteiger partial charge in [0.05, 0.1) is 13.2 Å². The Morgan fingerprint density at radius 2 is 2.00 bits per heavy atom. The van der Waals surface area contributed by atoms with Crippen molar-refractivity contribution in [3.05, 3.63) is 29.8 Å². The molecular weight excluding hydrogens is 242 g/mol. The number of benzene rings is 1. The van der Waals surface area contributed by atoms with Crippen molar-refractivity contribution in [1.82, 2.24) is 4.90 Å². The molecule has 0 unspecified atom stereocenters. The lowest BCUT2D eigenvalue weighted by atomic mass is 10.2. The number of halogens is 2. The zero-order valence-electron chi connectivity index (χ0n) is 10.1. The van der Waals surface area contributed by atoms with E-state index >= 15 is 0 Å². The number of amides is 2. The number of hydrogen-bond donors (Lipinski definition) is 2. The standard InChI is InChI=1S/C12H16F2N2O2/c1-9-2-4-10(5-3-9)15-12(18)16(6-7-17)8-11(13)14/h2-5,11,17H,6-8H2,1H3,(H,15,18). The molecular formula is C12H16F2N2O2. The number of nitrogens with one attached hydrogen (secondary N) is 1. The maximum absolute atomic E-state index is 12.3. The van der Waals surface area contributed by atoms with Gasteiger partial charge in [0.25, 0.3) is 6.43 Å². The molecule has 0 radical (unpaired) electrons. The maximum Gasteiger partial charge on any atom is 0.322 e. The highest BCUT2D eigenvalue weighted by atomic mass is 19.3. The number of carbonyl (C=O) groups is 1. The lowest BCUT2D eigenvalue weighted by molar-refractivity contribution is 0.0943. The molecule has 0 saturated carbocycles. The van der Waals surface area contributed by atoms with Gasteiger partial charge in [-0.3, -0.25) is 0 Å². The van der Waals surface area contributed by atoms with Crippen molar-refractivity contribution >= 4 is 11.7 Å². The highest BCUT2D eigenvalue weighted by Gasteiger charge is 2.17. The van der Waals surface area contributed by atoms with Crippen LogP contribution in [-0.2, 0) is 0 Å². The second-order valence-corrected chi connectivity index (χ2v) is 3.86. The van der Waals surface area contributed by atoms with Crippen molar-refractivity contribution in [3.63, 3.8) is 0 Å². The second kappa shape index (κ2) is 6.90. The molecule has 2 N–H and O–H groups in total. The minimum atomic E-state index is -2.62. The second-order valence-electron chi connectivity index (χ2n) is 3.86. The zero-order chi connectivity index (χ0) is 13.5. The predicted octanol–water partition coefficient (Wildman–Crippen LogP) is 2.09. The van der Waals surface area contributed by atoms with Crippen molar-refractivity contribution in [2.45, 2.75) is 13.3 Å². The van der Waals surface area contributed by atoms with Gasteiger partial charge < -0.3 is 15.3 Å². The summed E-state index contributed by atoms with van der Waals surface area (Å²) in [6.07, 6.45) is -2.62. The van der Waals surface area contributed by atoms with Crippen LogP contribution in [0.4, 0.5) is 19.3 Å². The fourth-order valence-electron chi connectivity index (χ4n) is 1.40.